The lowest BCUT2D eigenvalue weighted by Gasteiger charge is -2.32. The maximum atomic E-state index is 11.6. The highest BCUT2D eigenvalue weighted by molar-refractivity contribution is 7.91. The van der Waals surface area contributed by atoms with Gasteiger partial charge in [0.25, 0.3) is 0 Å². The second-order valence-corrected chi connectivity index (χ2v) is 7.69. The summed E-state index contributed by atoms with van der Waals surface area (Å²) in [7, 11) is -1.12. The summed E-state index contributed by atoms with van der Waals surface area (Å²) in [5, 5.41) is 4.85. The summed E-state index contributed by atoms with van der Waals surface area (Å²) in [6.45, 7) is 2.89. The Bertz CT molecular complexity index is 784. The average molecular weight is 310 g/mol. The third-order valence-electron chi connectivity index (χ3n) is 3.82. The van der Waals surface area contributed by atoms with E-state index in [1.54, 1.807) is 17.9 Å². The number of nitrogens with two attached hydrogens (primary N) is 1. The number of hydrogen-bond acceptors (Lipinski definition) is 7. The molecule has 114 valence electrons. The van der Waals surface area contributed by atoms with Crippen LogP contribution in [0.2, 0.25) is 0 Å². The molecule has 3 rings (SSSR count). The molecule has 0 aromatic carbocycles. The van der Waals surface area contributed by atoms with Gasteiger partial charge in [-0.05, 0) is 6.92 Å². The van der Waals surface area contributed by atoms with Gasteiger partial charge in [0.1, 0.15) is 11.6 Å². The first kappa shape index (κ1) is 14.2. The Morgan fingerprint density at radius 3 is 2.90 bits per heavy atom. The molecule has 0 radical (unpaired) electrons. The van der Waals surface area contributed by atoms with Crippen LogP contribution >= 0.6 is 0 Å². The number of aryl methyl sites for hydroxylation is 1. The fraction of sp³-hybridized carbons (Fsp3) is 0.583. The van der Waals surface area contributed by atoms with E-state index in [4.69, 9.17) is 5.73 Å². The number of aromatic nitrogens is 4. The minimum Gasteiger partial charge on any atom is -0.383 e. The summed E-state index contributed by atoms with van der Waals surface area (Å²) in [6, 6.07) is -0.0455. The van der Waals surface area contributed by atoms with Crippen molar-refractivity contribution in [3.8, 4) is 0 Å². The Morgan fingerprint density at radius 2 is 2.19 bits per heavy atom. The second kappa shape index (κ2) is 4.92. The second-order valence-electron chi connectivity index (χ2n) is 5.46. The monoisotopic (exact) mass is 310 g/mol. The smallest absolute Gasteiger partial charge is 0.163 e. The number of sulfone groups is 1. The molecule has 21 heavy (non-hydrogen) atoms. The van der Waals surface area contributed by atoms with Crippen LogP contribution in [0.1, 0.15) is 12.7 Å². The molecule has 9 heteroatoms. The molecule has 1 fully saturated rings. The normalized spacial score (nSPS) is 22.7. The highest BCUT2D eigenvalue weighted by Gasteiger charge is 2.28. The molecule has 3 heterocycles. The standard InChI is InChI=1S/C12H18N6O2S/c1-8-7-21(19,20)4-3-18(8)6-10-15-11(13)9-5-14-17(2)12(9)16-10/h5,8H,3-4,6-7H2,1-2H3,(H2,13,15,16). The van der Waals surface area contributed by atoms with Crippen molar-refractivity contribution in [2.75, 3.05) is 23.8 Å². The highest BCUT2D eigenvalue weighted by atomic mass is 32.2. The molecular weight excluding hydrogens is 292 g/mol. The number of hydrogen-bond donors (Lipinski definition) is 1. The lowest BCUT2D eigenvalue weighted by Crippen LogP contribution is -2.46. The number of fused-ring (bicyclic) bond motifs is 1. The summed E-state index contributed by atoms with van der Waals surface area (Å²) < 4.78 is 24.9. The van der Waals surface area contributed by atoms with E-state index in [2.05, 4.69) is 20.0 Å². The summed E-state index contributed by atoms with van der Waals surface area (Å²) in [5.74, 6) is 1.35. The van der Waals surface area contributed by atoms with Gasteiger partial charge < -0.3 is 5.73 Å². The molecule has 0 bridgehead atoms. The van der Waals surface area contributed by atoms with Gasteiger partial charge in [-0.1, -0.05) is 0 Å². The van der Waals surface area contributed by atoms with Crippen molar-refractivity contribution >= 4 is 26.7 Å². The van der Waals surface area contributed by atoms with Gasteiger partial charge in [-0.25, -0.2) is 18.4 Å². The molecule has 0 saturated carbocycles. The van der Waals surface area contributed by atoms with Crippen LogP contribution in [0, 0.1) is 0 Å². The summed E-state index contributed by atoms with van der Waals surface area (Å²) in [4.78, 5) is 10.8. The molecule has 2 aromatic heterocycles. The van der Waals surface area contributed by atoms with E-state index >= 15 is 0 Å². The third-order valence-corrected chi connectivity index (χ3v) is 5.62. The minimum atomic E-state index is -2.92. The van der Waals surface area contributed by atoms with Crippen LogP contribution < -0.4 is 5.73 Å². The topological polar surface area (TPSA) is 107 Å². The van der Waals surface area contributed by atoms with Crippen LogP contribution in [-0.2, 0) is 23.4 Å². The SMILES string of the molecule is CC1CS(=O)(=O)CCN1Cc1nc(N)c2cnn(C)c2n1. The lowest BCUT2D eigenvalue weighted by atomic mass is 10.3. The van der Waals surface area contributed by atoms with Crippen LogP contribution in [0.4, 0.5) is 5.82 Å². The molecule has 0 amide bonds. The van der Waals surface area contributed by atoms with Gasteiger partial charge in [-0.3, -0.25) is 9.58 Å². The minimum absolute atomic E-state index is 0.0455. The van der Waals surface area contributed by atoms with Crippen molar-refractivity contribution in [1.29, 1.82) is 0 Å². The van der Waals surface area contributed by atoms with Crippen LogP contribution in [0.15, 0.2) is 6.20 Å². The van der Waals surface area contributed by atoms with E-state index in [9.17, 15) is 8.42 Å². The number of rotatable bonds is 2. The van der Waals surface area contributed by atoms with E-state index in [-0.39, 0.29) is 17.5 Å². The Morgan fingerprint density at radius 1 is 1.43 bits per heavy atom. The molecule has 1 unspecified atom stereocenters. The molecule has 2 aromatic rings. The fourth-order valence-corrected chi connectivity index (χ4v) is 4.24. The maximum absolute atomic E-state index is 11.6. The molecule has 1 atom stereocenters. The van der Waals surface area contributed by atoms with Gasteiger partial charge in [0.15, 0.2) is 15.5 Å². The molecule has 0 aliphatic carbocycles. The Hall–Kier alpha value is -1.74. The lowest BCUT2D eigenvalue weighted by molar-refractivity contribution is 0.213. The average Bonchev–Trinajstić information content (AvgIpc) is 2.75. The van der Waals surface area contributed by atoms with E-state index in [1.807, 2.05) is 6.92 Å². The molecule has 2 N–H and O–H groups in total. The van der Waals surface area contributed by atoms with Crippen LogP contribution in [0.3, 0.4) is 0 Å². The first-order valence-electron chi connectivity index (χ1n) is 6.74. The number of nitrogens with zero attached hydrogens (tertiary/aromatic N) is 5. The van der Waals surface area contributed by atoms with Gasteiger partial charge >= 0.3 is 0 Å². The molecule has 8 nitrogen and oxygen atoms in total. The maximum Gasteiger partial charge on any atom is 0.163 e. The van der Waals surface area contributed by atoms with Crippen molar-refractivity contribution in [1.82, 2.24) is 24.6 Å². The Kier molecular flexibility index (Phi) is 3.33. The Labute approximate surface area is 122 Å². The van der Waals surface area contributed by atoms with Crippen LogP contribution in [0.25, 0.3) is 11.0 Å². The van der Waals surface area contributed by atoms with Crippen molar-refractivity contribution in [2.24, 2.45) is 7.05 Å². The van der Waals surface area contributed by atoms with E-state index in [0.717, 1.165) is 5.39 Å². The fourth-order valence-electron chi connectivity index (χ4n) is 2.61. The van der Waals surface area contributed by atoms with Crippen LogP contribution in [0.5, 0.6) is 0 Å². The predicted octanol–water partition coefficient (Wildman–Crippen LogP) is -0.436. The van der Waals surface area contributed by atoms with E-state index < -0.39 is 9.84 Å². The van der Waals surface area contributed by atoms with Gasteiger partial charge in [0, 0.05) is 19.6 Å². The highest BCUT2D eigenvalue weighted by Crippen LogP contribution is 2.19. The largest absolute Gasteiger partial charge is 0.383 e. The third kappa shape index (κ3) is 2.70. The summed E-state index contributed by atoms with van der Waals surface area (Å²) in [6.07, 6.45) is 1.64. The van der Waals surface area contributed by atoms with Crippen molar-refractivity contribution in [3.63, 3.8) is 0 Å². The van der Waals surface area contributed by atoms with Crippen molar-refractivity contribution < 1.29 is 8.42 Å². The number of nitrogen functional groups attached to an aromatic ring is 1. The predicted molar refractivity (Wildman–Crippen MR) is 79.2 cm³/mol. The van der Waals surface area contributed by atoms with Gasteiger partial charge in [0.05, 0.1) is 29.6 Å². The molecule has 1 saturated heterocycles. The Balaban J connectivity index is 1.87. The molecular formula is C12H18N6O2S. The van der Waals surface area contributed by atoms with E-state index in [1.165, 1.54) is 0 Å². The number of anilines is 1. The molecule has 1 aliphatic rings. The molecule has 0 spiro atoms. The van der Waals surface area contributed by atoms with Gasteiger partial charge in [-0.15, -0.1) is 0 Å². The zero-order valence-electron chi connectivity index (χ0n) is 12.0. The first-order valence-corrected chi connectivity index (χ1v) is 8.56. The zero-order chi connectivity index (χ0) is 15.2. The van der Waals surface area contributed by atoms with E-state index in [0.29, 0.717) is 30.4 Å². The molecule has 1 aliphatic heterocycles. The quantitative estimate of drug-likeness (QED) is 0.801. The summed E-state index contributed by atoms with van der Waals surface area (Å²) >= 11 is 0. The zero-order valence-corrected chi connectivity index (χ0v) is 12.8. The van der Waals surface area contributed by atoms with Crippen molar-refractivity contribution in [2.45, 2.75) is 19.5 Å². The van der Waals surface area contributed by atoms with Gasteiger partial charge in [0.2, 0.25) is 0 Å². The summed E-state index contributed by atoms with van der Waals surface area (Å²) in [5.41, 5.74) is 6.62. The van der Waals surface area contributed by atoms with Crippen molar-refractivity contribution in [3.05, 3.63) is 12.0 Å². The first-order chi connectivity index (χ1) is 9.85. The van der Waals surface area contributed by atoms with Crippen LogP contribution in [-0.4, -0.2) is 57.2 Å². The van der Waals surface area contributed by atoms with Gasteiger partial charge in [-0.2, -0.15) is 5.10 Å².